The number of fused-ring (bicyclic) bond motifs is 1. The zero-order valence-electron chi connectivity index (χ0n) is 15.5. The lowest BCUT2D eigenvalue weighted by Gasteiger charge is -2.03. The number of allylic oxidation sites excluding steroid dienone is 1. The molecule has 1 amide bonds. The first kappa shape index (κ1) is 19.0. The number of nitrogens with one attached hydrogen (secondary N) is 1. The Morgan fingerprint density at radius 1 is 1.30 bits per heavy atom. The summed E-state index contributed by atoms with van der Waals surface area (Å²) in [6.45, 7) is 2.19. The number of benzene rings is 1. The van der Waals surface area contributed by atoms with Crippen molar-refractivity contribution in [2.45, 2.75) is 39.0 Å². The number of carbonyl (C=O) groups is 1. The molecule has 140 valence electrons. The lowest BCUT2D eigenvalue weighted by atomic mass is 10.1. The van der Waals surface area contributed by atoms with Crippen molar-refractivity contribution in [2.75, 3.05) is 0 Å². The second kappa shape index (κ2) is 9.83. The second-order valence-electron chi connectivity index (χ2n) is 6.38. The predicted molar refractivity (Wildman–Crippen MR) is 112 cm³/mol. The number of unbranched alkanes of at least 4 members (excludes halogenated alkanes) is 2. The first-order chi connectivity index (χ1) is 13.2. The molecule has 6 heteroatoms. The Morgan fingerprint density at radius 2 is 2.15 bits per heavy atom. The second-order valence-corrected chi connectivity index (χ2v) is 7.26. The summed E-state index contributed by atoms with van der Waals surface area (Å²) in [5, 5.41) is 6.13. The molecule has 0 saturated heterocycles. The zero-order valence-corrected chi connectivity index (χ0v) is 16.3. The predicted octanol–water partition coefficient (Wildman–Crippen LogP) is 4.70. The molecule has 0 radical (unpaired) electrons. The molecule has 2 heterocycles. The lowest BCUT2D eigenvalue weighted by Crippen LogP contribution is -2.20. The molecule has 0 aliphatic rings. The smallest absolute Gasteiger partial charge is 0.246 e. The van der Waals surface area contributed by atoms with Crippen LogP contribution < -0.4 is 5.43 Å². The molecule has 0 spiro atoms. The molecular formula is C21H24N4OS. The van der Waals surface area contributed by atoms with Crippen molar-refractivity contribution in [1.82, 2.24) is 14.8 Å². The number of hydrogen-bond donors (Lipinski definition) is 1. The van der Waals surface area contributed by atoms with Gasteiger partial charge in [0.05, 0.1) is 18.3 Å². The molecule has 0 aliphatic heterocycles. The molecule has 27 heavy (non-hydrogen) atoms. The van der Waals surface area contributed by atoms with Crippen LogP contribution in [0.25, 0.3) is 11.0 Å². The van der Waals surface area contributed by atoms with Gasteiger partial charge in [-0.1, -0.05) is 56.2 Å². The number of aromatic nitrogens is 2. The van der Waals surface area contributed by atoms with E-state index in [0.717, 1.165) is 34.6 Å². The quantitative estimate of drug-likeness (QED) is 0.332. The summed E-state index contributed by atoms with van der Waals surface area (Å²) in [5.74, 6) is -0.162. The van der Waals surface area contributed by atoms with Crippen LogP contribution in [0.15, 0.2) is 58.8 Å². The SMILES string of the molecule is CCCCCC(/C=N\NC(=O)Cc1cn2ccsc2n1)=C/c1ccccc1. The third-order valence-corrected chi connectivity index (χ3v) is 4.90. The van der Waals surface area contributed by atoms with Crippen molar-refractivity contribution in [3.05, 3.63) is 64.9 Å². The van der Waals surface area contributed by atoms with Gasteiger partial charge in [0, 0.05) is 17.8 Å². The molecule has 0 saturated carbocycles. The molecule has 0 atom stereocenters. The number of amides is 1. The summed E-state index contributed by atoms with van der Waals surface area (Å²) in [4.78, 5) is 17.4. The fraction of sp³-hybridized carbons (Fsp3) is 0.286. The average Bonchev–Trinajstić information content (AvgIpc) is 3.24. The fourth-order valence-corrected chi connectivity index (χ4v) is 3.49. The number of nitrogens with zero attached hydrogens (tertiary/aromatic N) is 3. The standard InChI is InChI=1S/C21H24N4OS/c1-2-3-5-10-18(13-17-8-6-4-7-9-17)15-22-24-20(26)14-19-16-25-11-12-27-21(25)23-19/h4,6-9,11-13,15-16H,2-3,5,10,14H2,1H3,(H,24,26)/b18-13-,22-15-. The molecule has 0 aliphatic carbocycles. The first-order valence-corrected chi connectivity index (χ1v) is 10.1. The van der Waals surface area contributed by atoms with Gasteiger partial charge in [0.1, 0.15) is 0 Å². The van der Waals surface area contributed by atoms with E-state index in [1.165, 1.54) is 12.8 Å². The molecule has 0 unspecified atom stereocenters. The Balaban J connectivity index is 1.58. The molecule has 1 aromatic carbocycles. The Kier molecular flexibility index (Phi) is 6.93. The summed E-state index contributed by atoms with van der Waals surface area (Å²) in [5.41, 5.74) is 5.61. The highest BCUT2D eigenvalue weighted by Crippen LogP contribution is 2.13. The van der Waals surface area contributed by atoms with Crippen LogP contribution in [0.4, 0.5) is 0 Å². The summed E-state index contributed by atoms with van der Waals surface area (Å²) in [6.07, 6.45) is 12.3. The van der Waals surface area contributed by atoms with Gasteiger partial charge in [0.25, 0.3) is 0 Å². The molecule has 0 fully saturated rings. The van der Waals surface area contributed by atoms with Crippen LogP contribution in [0.3, 0.4) is 0 Å². The van der Waals surface area contributed by atoms with Crippen LogP contribution in [0.2, 0.25) is 0 Å². The molecule has 1 N–H and O–H groups in total. The van der Waals surface area contributed by atoms with Crippen molar-refractivity contribution in [1.29, 1.82) is 0 Å². The Bertz CT molecular complexity index is 895. The normalized spacial score (nSPS) is 12.1. The number of imidazole rings is 1. The van der Waals surface area contributed by atoms with Gasteiger partial charge in [-0.3, -0.25) is 9.20 Å². The van der Waals surface area contributed by atoms with E-state index >= 15 is 0 Å². The largest absolute Gasteiger partial charge is 0.297 e. The third-order valence-electron chi connectivity index (χ3n) is 4.13. The highest BCUT2D eigenvalue weighted by Gasteiger charge is 2.07. The summed E-state index contributed by atoms with van der Waals surface area (Å²) in [6, 6.07) is 10.2. The van der Waals surface area contributed by atoms with E-state index in [-0.39, 0.29) is 12.3 Å². The van der Waals surface area contributed by atoms with E-state index in [0.29, 0.717) is 0 Å². The lowest BCUT2D eigenvalue weighted by molar-refractivity contribution is -0.120. The monoisotopic (exact) mass is 380 g/mol. The third kappa shape index (κ3) is 5.89. The van der Waals surface area contributed by atoms with Crippen molar-refractivity contribution < 1.29 is 4.79 Å². The molecule has 2 aromatic heterocycles. The van der Waals surface area contributed by atoms with E-state index in [1.54, 1.807) is 17.6 Å². The van der Waals surface area contributed by atoms with Crippen LogP contribution in [0.1, 0.15) is 43.9 Å². The minimum Gasteiger partial charge on any atom is -0.297 e. The maximum atomic E-state index is 12.1. The summed E-state index contributed by atoms with van der Waals surface area (Å²) in [7, 11) is 0. The highest BCUT2D eigenvalue weighted by atomic mass is 32.1. The number of thiazole rings is 1. The number of rotatable bonds is 9. The number of hydrazone groups is 1. The van der Waals surface area contributed by atoms with Gasteiger partial charge >= 0.3 is 0 Å². The van der Waals surface area contributed by atoms with Crippen LogP contribution in [-0.4, -0.2) is 21.5 Å². The fourth-order valence-electron chi connectivity index (χ4n) is 2.77. The minimum absolute atomic E-state index is 0.162. The summed E-state index contributed by atoms with van der Waals surface area (Å²) >= 11 is 1.55. The molecule has 5 nitrogen and oxygen atoms in total. The van der Waals surface area contributed by atoms with E-state index in [1.807, 2.05) is 40.4 Å². The van der Waals surface area contributed by atoms with Crippen LogP contribution in [0.5, 0.6) is 0 Å². The Labute approximate surface area is 163 Å². The van der Waals surface area contributed by atoms with E-state index in [9.17, 15) is 4.79 Å². The zero-order chi connectivity index (χ0) is 18.9. The highest BCUT2D eigenvalue weighted by molar-refractivity contribution is 7.15. The van der Waals surface area contributed by atoms with E-state index in [2.05, 4.69) is 40.6 Å². The topological polar surface area (TPSA) is 58.8 Å². The van der Waals surface area contributed by atoms with Crippen LogP contribution in [0, 0.1) is 0 Å². The molecule has 0 bridgehead atoms. The van der Waals surface area contributed by atoms with Gasteiger partial charge in [-0.15, -0.1) is 11.3 Å². The van der Waals surface area contributed by atoms with Gasteiger partial charge in [-0.2, -0.15) is 5.10 Å². The van der Waals surface area contributed by atoms with Crippen molar-refractivity contribution in [3.63, 3.8) is 0 Å². The van der Waals surface area contributed by atoms with Crippen LogP contribution in [-0.2, 0) is 11.2 Å². The van der Waals surface area contributed by atoms with Gasteiger partial charge in [0.2, 0.25) is 5.91 Å². The maximum Gasteiger partial charge on any atom is 0.246 e. The Morgan fingerprint density at radius 3 is 2.93 bits per heavy atom. The molecular weight excluding hydrogens is 356 g/mol. The van der Waals surface area contributed by atoms with Gasteiger partial charge in [0.15, 0.2) is 4.96 Å². The van der Waals surface area contributed by atoms with Gasteiger partial charge in [-0.25, -0.2) is 10.4 Å². The van der Waals surface area contributed by atoms with Gasteiger partial charge < -0.3 is 0 Å². The van der Waals surface area contributed by atoms with Crippen molar-refractivity contribution in [2.24, 2.45) is 5.10 Å². The van der Waals surface area contributed by atoms with E-state index in [4.69, 9.17) is 0 Å². The summed E-state index contributed by atoms with van der Waals surface area (Å²) < 4.78 is 1.92. The number of hydrogen-bond acceptors (Lipinski definition) is 4. The maximum absolute atomic E-state index is 12.1. The average molecular weight is 381 g/mol. The van der Waals surface area contributed by atoms with Gasteiger partial charge in [-0.05, 0) is 24.0 Å². The Hall–Kier alpha value is -2.73. The minimum atomic E-state index is -0.162. The van der Waals surface area contributed by atoms with Crippen molar-refractivity contribution in [3.8, 4) is 0 Å². The van der Waals surface area contributed by atoms with Crippen LogP contribution >= 0.6 is 11.3 Å². The molecule has 3 rings (SSSR count). The first-order valence-electron chi connectivity index (χ1n) is 9.23. The van der Waals surface area contributed by atoms with Crippen molar-refractivity contribution >= 4 is 34.5 Å². The van der Waals surface area contributed by atoms with E-state index < -0.39 is 0 Å². The number of carbonyl (C=O) groups excluding carboxylic acids is 1. The molecule has 3 aromatic rings.